The standard InChI is InChI=1S/C15H21F3N4O3/c1-14(2)24-12-8(7-23-9(4-19-3)13(12)25-14)21-11-6-20-5-10(22-11)15(16,17)18/h5-6,8-9,12-13,19H,4,7H2,1-3H3,(H,21,22)/t8-,9+,12+,13-/m0/s1. The minimum Gasteiger partial charge on any atom is -0.372 e. The second kappa shape index (κ2) is 6.67. The molecule has 2 N–H and O–H groups in total. The Morgan fingerprint density at radius 1 is 1.24 bits per heavy atom. The van der Waals surface area contributed by atoms with Gasteiger partial charge in [0.15, 0.2) is 11.5 Å². The van der Waals surface area contributed by atoms with Gasteiger partial charge in [-0.05, 0) is 20.9 Å². The molecule has 2 saturated heterocycles. The first-order valence-electron chi connectivity index (χ1n) is 7.97. The van der Waals surface area contributed by atoms with Gasteiger partial charge in [-0.25, -0.2) is 4.98 Å². The van der Waals surface area contributed by atoms with Crippen molar-refractivity contribution in [3.8, 4) is 0 Å². The van der Waals surface area contributed by atoms with Crippen LogP contribution in [0.5, 0.6) is 0 Å². The third kappa shape index (κ3) is 4.02. The second-order valence-corrected chi connectivity index (χ2v) is 6.53. The Bertz CT molecular complexity index is 614. The van der Waals surface area contributed by atoms with E-state index in [9.17, 15) is 13.2 Å². The number of likely N-dealkylation sites (N-methyl/N-ethyl adjacent to an activating group) is 1. The van der Waals surface area contributed by atoms with Gasteiger partial charge >= 0.3 is 6.18 Å². The van der Waals surface area contributed by atoms with Crippen molar-refractivity contribution in [2.75, 3.05) is 25.5 Å². The Morgan fingerprint density at radius 2 is 1.96 bits per heavy atom. The number of rotatable bonds is 4. The van der Waals surface area contributed by atoms with E-state index < -0.39 is 23.7 Å². The van der Waals surface area contributed by atoms with E-state index in [1.54, 1.807) is 13.8 Å². The Kier molecular flexibility index (Phi) is 4.89. The number of nitrogens with one attached hydrogen (secondary N) is 2. The summed E-state index contributed by atoms with van der Waals surface area (Å²) in [5.74, 6) is -0.781. The summed E-state index contributed by atoms with van der Waals surface area (Å²) in [6, 6.07) is -0.405. The number of halogens is 3. The van der Waals surface area contributed by atoms with E-state index in [-0.39, 0.29) is 30.7 Å². The lowest BCUT2D eigenvalue weighted by Crippen LogP contribution is -2.56. The zero-order valence-electron chi connectivity index (χ0n) is 14.1. The van der Waals surface area contributed by atoms with Crippen LogP contribution in [0, 0.1) is 0 Å². The predicted octanol–water partition coefficient (Wildman–Crippen LogP) is 1.41. The first-order chi connectivity index (χ1) is 11.7. The van der Waals surface area contributed by atoms with Crippen molar-refractivity contribution in [2.24, 2.45) is 0 Å². The average Bonchev–Trinajstić information content (AvgIpc) is 2.85. The van der Waals surface area contributed by atoms with Gasteiger partial charge in [0.05, 0.1) is 31.1 Å². The smallest absolute Gasteiger partial charge is 0.372 e. The lowest BCUT2D eigenvalue weighted by Gasteiger charge is -2.37. The highest BCUT2D eigenvalue weighted by Crippen LogP contribution is 2.36. The van der Waals surface area contributed by atoms with Crippen LogP contribution >= 0.6 is 0 Å². The molecule has 0 saturated carbocycles. The van der Waals surface area contributed by atoms with Crippen LogP contribution in [0.3, 0.4) is 0 Å². The molecule has 1 aromatic rings. The van der Waals surface area contributed by atoms with E-state index in [2.05, 4.69) is 20.6 Å². The van der Waals surface area contributed by atoms with E-state index in [1.165, 1.54) is 6.20 Å². The van der Waals surface area contributed by atoms with Gasteiger partial charge in [0.2, 0.25) is 0 Å². The zero-order valence-corrected chi connectivity index (χ0v) is 14.1. The maximum absolute atomic E-state index is 12.8. The Hall–Kier alpha value is -1.49. The maximum atomic E-state index is 12.8. The Morgan fingerprint density at radius 3 is 2.64 bits per heavy atom. The number of fused-ring (bicyclic) bond motifs is 1. The van der Waals surface area contributed by atoms with Gasteiger partial charge in [-0.3, -0.25) is 4.98 Å². The van der Waals surface area contributed by atoms with Gasteiger partial charge in [-0.15, -0.1) is 0 Å². The number of hydrogen-bond acceptors (Lipinski definition) is 7. The SMILES string of the molecule is CNC[C@H]1OC[C@H](Nc2cncc(C(F)(F)F)n2)[C@H]2OC(C)(C)O[C@H]21. The van der Waals surface area contributed by atoms with E-state index in [4.69, 9.17) is 14.2 Å². The van der Waals surface area contributed by atoms with Crippen LogP contribution in [0.15, 0.2) is 12.4 Å². The lowest BCUT2D eigenvalue weighted by atomic mass is 9.98. The summed E-state index contributed by atoms with van der Waals surface area (Å²) in [4.78, 5) is 7.19. The molecular weight excluding hydrogens is 341 g/mol. The van der Waals surface area contributed by atoms with Gasteiger partial charge in [-0.2, -0.15) is 13.2 Å². The lowest BCUT2D eigenvalue weighted by molar-refractivity contribution is -0.153. The van der Waals surface area contributed by atoms with Crippen molar-refractivity contribution >= 4 is 5.82 Å². The summed E-state index contributed by atoms with van der Waals surface area (Å²) < 4.78 is 56.1. The summed E-state index contributed by atoms with van der Waals surface area (Å²) in [6.45, 7) is 4.42. The molecule has 0 spiro atoms. The summed E-state index contributed by atoms with van der Waals surface area (Å²) in [5.41, 5.74) is -1.05. The largest absolute Gasteiger partial charge is 0.434 e. The van der Waals surface area contributed by atoms with E-state index in [0.29, 0.717) is 12.7 Å². The molecule has 0 aromatic carbocycles. The molecule has 140 valence electrons. The molecule has 1 aromatic heterocycles. The highest BCUT2D eigenvalue weighted by Gasteiger charge is 2.51. The molecule has 0 bridgehead atoms. The fraction of sp³-hybridized carbons (Fsp3) is 0.733. The fourth-order valence-corrected chi connectivity index (χ4v) is 3.09. The molecule has 2 fully saturated rings. The van der Waals surface area contributed by atoms with Crippen LogP contribution in [0.25, 0.3) is 0 Å². The number of ether oxygens (including phenoxy) is 3. The maximum Gasteiger partial charge on any atom is 0.434 e. The number of anilines is 1. The van der Waals surface area contributed by atoms with Crippen molar-refractivity contribution in [2.45, 2.75) is 50.2 Å². The van der Waals surface area contributed by atoms with Crippen molar-refractivity contribution in [1.29, 1.82) is 0 Å². The molecule has 10 heteroatoms. The van der Waals surface area contributed by atoms with Crippen molar-refractivity contribution < 1.29 is 27.4 Å². The molecule has 7 nitrogen and oxygen atoms in total. The van der Waals surface area contributed by atoms with Crippen molar-refractivity contribution in [3.05, 3.63) is 18.1 Å². The molecule has 25 heavy (non-hydrogen) atoms. The van der Waals surface area contributed by atoms with Crippen molar-refractivity contribution in [1.82, 2.24) is 15.3 Å². The van der Waals surface area contributed by atoms with Crippen LogP contribution in [-0.2, 0) is 20.4 Å². The highest BCUT2D eigenvalue weighted by molar-refractivity contribution is 5.35. The molecule has 0 radical (unpaired) electrons. The topological polar surface area (TPSA) is 77.5 Å². The molecule has 3 heterocycles. The van der Waals surface area contributed by atoms with Gasteiger partial charge in [0, 0.05) is 6.54 Å². The van der Waals surface area contributed by atoms with Crippen LogP contribution < -0.4 is 10.6 Å². The number of aromatic nitrogens is 2. The molecule has 3 rings (SSSR count). The first kappa shape index (κ1) is 18.3. The van der Waals surface area contributed by atoms with Crippen LogP contribution in [0.2, 0.25) is 0 Å². The second-order valence-electron chi connectivity index (χ2n) is 6.53. The van der Waals surface area contributed by atoms with Crippen LogP contribution in [-0.4, -0.2) is 60.3 Å². The summed E-state index contributed by atoms with van der Waals surface area (Å²) >= 11 is 0. The van der Waals surface area contributed by atoms with E-state index in [0.717, 1.165) is 0 Å². The van der Waals surface area contributed by atoms with Crippen LogP contribution in [0.4, 0.5) is 19.0 Å². The minimum absolute atomic E-state index is 0.0162. The Labute approximate surface area is 143 Å². The van der Waals surface area contributed by atoms with Crippen molar-refractivity contribution in [3.63, 3.8) is 0 Å². The molecule has 0 amide bonds. The molecule has 4 atom stereocenters. The molecule has 2 aliphatic heterocycles. The van der Waals surface area contributed by atoms with Gasteiger partial charge in [0.1, 0.15) is 18.0 Å². The monoisotopic (exact) mass is 362 g/mol. The average molecular weight is 362 g/mol. The summed E-state index contributed by atoms with van der Waals surface area (Å²) in [6.07, 6.45) is -3.55. The number of alkyl halides is 3. The van der Waals surface area contributed by atoms with Gasteiger partial charge in [0.25, 0.3) is 0 Å². The van der Waals surface area contributed by atoms with Gasteiger partial charge < -0.3 is 24.8 Å². The zero-order chi connectivity index (χ0) is 18.2. The van der Waals surface area contributed by atoms with Crippen LogP contribution in [0.1, 0.15) is 19.5 Å². The summed E-state index contributed by atoms with van der Waals surface area (Å²) in [7, 11) is 1.81. The quantitative estimate of drug-likeness (QED) is 0.839. The normalized spacial score (nSPS) is 31.6. The minimum atomic E-state index is -4.55. The third-order valence-electron chi connectivity index (χ3n) is 4.08. The third-order valence-corrected chi connectivity index (χ3v) is 4.08. The van der Waals surface area contributed by atoms with E-state index in [1.807, 2.05) is 7.05 Å². The number of hydrogen-bond donors (Lipinski definition) is 2. The predicted molar refractivity (Wildman–Crippen MR) is 81.9 cm³/mol. The molecule has 2 aliphatic rings. The molecule has 0 aliphatic carbocycles. The first-order valence-corrected chi connectivity index (χ1v) is 7.97. The molecule has 0 unspecified atom stereocenters. The summed E-state index contributed by atoms with van der Waals surface area (Å²) in [5, 5.41) is 5.98. The Balaban J connectivity index is 1.77. The fourth-order valence-electron chi connectivity index (χ4n) is 3.09. The van der Waals surface area contributed by atoms with E-state index >= 15 is 0 Å². The highest BCUT2D eigenvalue weighted by atomic mass is 19.4. The number of nitrogens with zero attached hydrogens (tertiary/aromatic N) is 2. The molecular formula is C15H21F3N4O3. The van der Waals surface area contributed by atoms with Gasteiger partial charge in [-0.1, -0.05) is 0 Å².